The van der Waals surface area contributed by atoms with Gasteiger partial charge in [0.2, 0.25) is 16.0 Å². The van der Waals surface area contributed by atoms with Crippen LogP contribution in [0.15, 0.2) is 65.7 Å². The molecule has 0 spiro atoms. The number of methoxy groups -OCH3 is 1. The second-order valence-corrected chi connectivity index (χ2v) is 9.97. The van der Waals surface area contributed by atoms with Crippen molar-refractivity contribution in [1.82, 2.24) is 29.8 Å². The predicted octanol–water partition coefficient (Wildman–Crippen LogP) is 0.483. The molecule has 0 aliphatic heterocycles. The van der Waals surface area contributed by atoms with Gasteiger partial charge in [0.05, 0.1) is 23.7 Å². The number of carbonyl (C=O) groups is 2. The number of aromatic nitrogens is 4. The van der Waals surface area contributed by atoms with Gasteiger partial charge in [-0.15, -0.1) is 0 Å². The number of fused-ring (bicyclic) bond motifs is 1. The van der Waals surface area contributed by atoms with Crippen LogP contribution in [0.3, 0.4) is 0 Å². The van der Waals surface area contributed by atoms with Gasteiger partial charge in [0.1, 0.15) is 11.9 Å². The van der Waals surface area contributed by atoms with Crippen LogP contribution in [0.2, 0.25) is 0 Å². The number of esters is 1. The van der Waals surface area contributed by atoms with E-state index in [0.717, 1.165) is 12.6 Å². The molecule has 0 fully saturated rings. The lowest BCUT2D eigenvalue weighted by atomic mass is 10.1. The Hall–Kier alpha value is -4.56. The number of amides is 1. The van der Waals surface area contributed by atoms with Crippen LogP contribution >= 0.6 is 0 Å². The number of ether oxygens (including phenoxy) is 1. The number of sulfonamides is 1. The minimum absolute atomic E-state index is 0.0191. The molecule has 0 radical (unpaired) electrons. The van der Waals surface area contributed by atoms with Gasteiger partial charge in [0.25, 0.3) is 5.91 Å². The van der Waals surface area contributed by atoms with E-state index in [-0.39, 0.29) is 23.2 Å². The largest absolute Gasteiger partial charge is 0.468 e. The fraction of sp³-hybridized carbons (Fsp3) is 0.208. The number of nitrogens with zero attached hydrogens (tertiary/aromatic N) is 4. The minimum Gasteiger partial charge on any atom is -0.468 e. The first-order valence-electron chi connectivity index (χ1n) is 11.4. The van der Waals surface area contributed by atoms with Gasteiger partial charge in [-0.05, 0) is 30.3 Å². The molecular weight excluding hydrogens is 512 g/mol. The van der Waals surface area contributed by atoms with E-state index in [9.17, 15) is 18.0 Å². The summed E-state index contributed by atoms with van der Waals surface area (Å²) in [7, 11) is -2.89. The number of nitrogens with two attached hydrogens (primary N) is 2. The number of hydrogen-bond acceptors (Lipinski definition) is 10. The van der Waals surface area contributed by atoms with E-state index in [1.165, 1.54) is 12.1 Å². The van der Waals surface area contributed by atoms with Crippen LogP contribution in [0.25, 0.3) is 10.9 Å². The monoisotopic (exact) mass is 538 g/mol. The zero-order valence-electron chi connectivity index (χ0n) is 20.4. The van der Waals surface area contributed by atoms with Gasteiger partial charge in [0, 0.05) is 42.2 Å². The summed E-state index contributed by atoms with van der Waals surface area (Å²) < 4.78 is 34.0. The Kier molecular flexibility index (Phi) is 7.83. The van der Waals surface area contributed by atoms with E-state index in [0.29, 0.717) is 29.6 Å². The van der Waals surface area contributed by atoms with Crippen LogP contribution < -0.4 is 21.5 Å². The third kappa shape index (κ3) is 6.22. The van der Waals surface area contributed by atoms with Gasteiger partial charge in [-0.1, -0.05) is 18.2 Å². The van der Waals surface area contributed by atoms with Gasteiger partial charge in [-0.25, -0.2) is 13.4 Å². The summed E-state index contributed by atoms with van der Waals surface area (Å²) in [5.74, 6) is -0.952. The van der Waals surface area contributed by atoms with Crippen molar-refractivity contribution in [3.05, 3.63) is 72.1 Å². The fourth-order valence-electron chi connectivity index (χ4n) is 3.76. The molecule has 2 aromatic carbocycles. The molecule has 38 heavy (non-hydrogen) atoms. The van der Waals surface area contributed by atoms with Crippen molar-refractivity contribution in [3.63, 3.8) is 0 Å². The van der Waals surface area contributed by atoms with E-state index in [1.807, 2.05) is 0 Å². The van der Waals surface area contributed by atoms with Crippen LogP contribution in [0.1, 0.15) is 16.1 Å². The molecule has 198 valence electrons. The summed E-state index contributed by atoms with van der Waals surface area (Å²) in [4.78, 5) is 33.0. The number of rotatable bonds is 10. The summed E-state index contributed by atoms with van der Waals surface area (Å²) in [5, 5.41) is 7.68. The summed E-state index contributed by atoms with van der Waals surface area (Å²) in [5.41, 5.74) is 13.1. The fourth-order valence-corrected chi connectivity index (χ4v) is 4.97. The topological polar surface area (TPSA) is 197 Å². The van der Waals surface area contributed by atoms with Gasteiger partial charge in [-0.2, -0.15) is 14.8 Å². The number of nitrogen functional groups attached to an aromatic ring is 2. The SMILES string of the molecule is COC(=O)[C@H](CNC(=O)c1ccc2c(cnn2CCc2cc(N)nc(N)n2)c1)NS(=O)(=O)c1ccccc1. The van der Waals surface area contributed by atoms with Crippen LogP contribution in [0.4, 0.5) is 11.8 Å². The van der Waals surface area contributed by atoms with Crippen molar-refractivity contribution in [1.29, 1.82) is 0 Å². The van der Waals surface area contributed by atoms with Crippen LogP contribution in [-0.4, -0.2) is 59.7 Å². The second kappa shape index (κ2) is 11.2. The quantitative estimate of drug-likeness (QED) is 0.206. The first kappa shape index (κ1) is 26.5. The molecule has 2 heterocycles. The van der Waals surface area contributed by atoms with E-state index in [2.05, 4.69) is 25.1 Å². The van der Waals surface area contributed by atoms with Crippen molar-refractivity contribution in [3.8, 4) is 0 Å². The number of carbonyl (C=O) groups excluding carboxylic acids is 2. The van der Waals surface area contributed by atoms with E-state index >= 15 is 0 Å². The molecule has 0 saturated carbocycles. The second-order valence-electron chi connectivity index (χ2n) is 8.25. The normalized spacial score (nSPS) is 12.2. The maximum Gasteiger partial charge on any atom is 0.325 e. The molecule has 0 saturated heterocycles. The van der Waals surface area contributed by atoms with Gasteiger partial charge < -0.3 is 21.5 Å². The number of anilines is 2. The zero-order valence-corrected chi connectivity index (χ0v) is 21.2. The number of hydrogen-bond donors (Lipinski definition) is 4. The Morgan fingerprint density at radius 3 is 2.55 bits per heavy atom. The maximum atomic E-state index is 12.8. The molecule has 0 bridgehead atoms. The third-order valence-corrected chi connectivity index (χ3v) is 7.09. The first-order valence-corrected chi connectivity index (χ1v) is 12.9. The molecule has 4 aromatic rings. The van der Waals surface area contributed by atoms with Crippen molar-refractivity contribution >= 4 is 44.6 Å². The first-order chi connectivity index (χ1) is 18.2. The smallest absolute Gasteiger partial charge is 0.325 e. The Morgan fingerprint density at radius 1 is 1.08 bits per heavy atom. The van der Waals surface area contributed by atoms with Crippen molar-refractivity contribution in [2.45, 2.75) is 23.9 Å². The highest BCUT2D eigenvalue weighted by molar-refractivity contribution is 7.89. The molecule has 6 N–H and O–H groups in total. The molecule has 0 aliphatic rings. The molecule has 4 rings (SSSR count). The Labute approximate surface area is 218 Å². The average Bonchev–Trinajstić information content (AvgIpc) is 3.31. The highest BCUT2D eigenvalue weighted by Gasteiger charge is 2.27. The Bertz CT molecular complexity index is 1550. The summed E-state index contributed by atoms with van der Waals surface area (Å²) in [6.45, 7) is 0.174. The van der Waals surface area contributed by atoms with E-state index < -0.39 is 27.9 Å². The highest BCUT2D eigenvalue weighted by atomic mass is 32.2. The highest BCUT2D eigenvalue weighted by Crippen LogP contribution is 2.17. The summed E-state index contributed by atoms with van der Waals surface area (Å²) in [6, 6.07) is 12.9. The van der Waals surface area contributed by atoms with Crippen LogP contribution in [-0.2, 0) is 32.5 Å². The maximum absolute atomic E-state index is 12.8. The lowest BCUT2D eigenvalue weighted by Crippen LogP contribution is -2.48. The Balaban J connectivity index is 1.42. The van der Waals surface area contributed by atoms with Crippen molar-refractivity contribution < 1.29 is 22.7 Å². The van der Waals surface area contributed by atoms with Crippen molar-refractivity contribution in [2.75, 3.05) is 25.1 Å². The predicted molar refractivity (Wildman–Crippen MR) is 139 cm³/mol. The molecule has 0 unspecified atom stereocenters. The lowest BCUT2D eigenvalue weighted by Gasteiger charge is -2.17. The molecule has 14 heteroatoms. The third-order valence-electron chi connectivity index (χ3n) is 5.60. The van der Waals surface area contributed by atoms with E-state index in [4.69, 9.17) is 16.2 Å². The molecule has 13 nitrogen and oxygen atoms in total. The average molecular weight is 539 g/mol. The lowest BCUT2D eigenvalue weighted by molar-refractivity contribution is -0.142. The summed E-state index contributed by atoms with van der Waals surface area (Å²) >= 11 is 0. The molecular formula is C24H26N8O5S. The zero-order chi connectivity index (χ0) is 27.3. The number of aryl methyl sites for hydroxylation is 2. The number of nitrogens with one attached hydrogen (secondary N) is 2. The van der Waals surface area contributed by atoms with Gasteiger partial charge in [-0.3, -0.25) is 14.3 Å². The van der Waals surface area contributed by atoms with E-state index in [1.54, 1.807) is 53.3 Å². The standard InChI is InChI=1S/C24H26N8O5S/c1-37-23(34)19(31-38(35,36)18-5-3-2-4-6-18)14-27-22(33)15-7-8-20-16(11-15)13-28-32(20)10-9-17-12-21(25)30-24(26)29-17/h2-8,11-13,19,31H,9-10,14H2,1H3,(H,27,33)(H4,25,26,29,30)/t19-/m0/s1. The Morgan fingerprint density at radius 2 is 1.84 bits per heavy atom. The van der Waals surface area contributed by atoms with Gasteiger partial charge >= 0.3 is 5.97 Å². The van der Waals surface area contributed by atoms with Crippen LogP contribution in [0, 0.1) is 0 Å². The minimum atomic E-state index is -4.02. The molecule has 0 aliphatic carbocycles. The van der Waals surface area contributed by atoms with Crippen molar-refractivity contribution in [2.24, 2.45) is 0 Å². The molecule has 1 amide bonds. The summed E-state index contributed by atoms with van der Waals surface area (Å²) in [6.07, 6.45) is 2.14. The van der Waals surface area contributed by atoms with Gasteiger partial charge in [0.15, 0.2) is 0 Å². The number of benzene rings is 2. The van der Waals surface area contributed by atoms with Crippen LogP contribution in [0.5, 0.6) is 0 Å². The molecule has 1 atom stereocenters. The molecule has 2 aromatic heterocycles.